The molecular formula is C9H16N2O. The molecule has 0 spiro atoms. The van der Waals surface area contributed by atoms with E-state index < -0.39 is 0 Å². The second-order valence-corrected chi connectivity index (χ2v) is 3.05. The highest BCUT2D eigenvalue weighted by atomic mass is 16.6. The topological polar surface area (TPSA) is 33.6 Å². The van der Waals surface area contributed by atoms with Crippen LogP contribution < -0.4 is 5.48 Å². The molecule has 3 nitrogen and oxygen atoms in total. The summed E-state index contributed by atoms with van der Waals surface area (Å²) in [7, 11) is 0. The fourth-order valence-electron chi connectivity index (χ4n) is 1.06. The Hall–Kier alpha value is -0.830. The molecule has 0 aliphatic carbocycles. The minimum Gasteiger partial charge on any atom is -0.271 e. The minimum absolute atomic E-state index is 0.517. The lowest BCUT2D eigenvalue weighted by Gasteiger charge is -2.07. The highest BCUT2D eigenvalue weighted by molar-refractivity contribution is 5.79. The van der Waals surface area contributed by atoms with E-state index in [-0.39, 0.29) is 0 Å². The van der Waals surface area contributed by atoms with Gasteiger partial charge in [-0.15, -0.1) is 0 Å². The van der Waals surface area contributed by atoms with Crippen molar-refractivity contribution in [3.05, 3.63) is 11.8 Å². The molecule has 0 saturated heterocycles. The van der Waals surface area contributed by atoms with E-state index in [1.807, 2.05) is 13.0 Å². The second-order valence-electron chi connectivity index (χ2n) is 3.05. The fourth-order valence-corrected chi connectivity index (χ4v) is 1.06. The van der Waals surface area contributed by atoms with Crippen LogP contribution in [0.3, 0.4) is 0 Å². The van der Waals surface area contributed by atoms with Crippen LogP contribution in [0.4, 0.5) is 0 Å². The Bertz CT molecular complexity index is 209. The number of aliphatic imine (C=N–C) groups is 1. The van der Waals surface area contributed by atoms with Gasteiger partial charge in [0.25, 0.3) is 0 Å². The molecule has 1 unspecified atom stereocenters. The van der Waals surface area contributed by atoms with Gasteiger partial charge in [0.2, 0.25) is 0 Å². The summed E-state index contributed by atoms with van der Waals surface area (Å²) in [5, 5.41) is 0. The summed E-state index contributed by atoms with van der Waals surface area (Å²) < 4.78 is 0. The molecule has 12 heavy (non-hydrogen) atoms. The fraction of sp³-hybridized carbons (Fsp3) is 0.667. The van der Waals surface area contributed by atoms with E-state index in [0.29, 0.717) is 12.5 Å². The normalized spacial score (nSPS) is 20.2. The summed E-state index contributed by atoms with van der Waals surface area (Å²) in [6.07, 6.45) is 3.14. The van der Waals surface area contributed by atoms with Crippen molar-refractivity contribution < 1.29 is 4.84 Å². The Morgan fingerprint density at radius 2 is 2.50 bits per heavy atom. The van der Waals surface area contributed by atoms with E-state index in [1.54, 1.807) is 0 Å². The van der Waals surface area contributed by atoms with Gasteiger partial charge in [-0.2, -0.15) is 0 Å². The molecule has 1 atom stereocenters. The molecule has 68 valence electrons. The Morgan fingerprint density at radius 3 is 3.17 bits per heavy atom. The maximum Gasteiger partial charge on any atom is 0.123 e. The molecule has 1 aliphatic rings. The first-order chi connectivity index (χ1) is 5.74. The van der Waals surface area contributed by atoms with E-state index >= 15 is 0 Å². The van der Waals surface area contributed by atoms with Crippen LogP contribution in [0.5, 0.6) is 0 Å². The van der Waals surface area contributed by atoms with Crippen molar-refractivity contribution in [1.82, 2.24) is 5.48 Å². The third-order valence-electron chi connectivity index (χ3n) is 2.01. The van der Waals surface area contributed by atoms with Gasteiger partial charge in [-0.3, -0.25) is 10.3 Å². The Labute approximate surface area is 73.5 Å². The van der Waals surface area contributed by atoms with E-state index in [9.17, 15) is 0 Å². The van der Waals surface area contributed by atoms with E-state index in [0.717, 1.165) is 18.0 Å². The molecule has 0 bridgehead atoms. The number of hydrogen-bond acceptors (Lipinski definition) is 3. The Morgan fingerprint density at radius 1 is 1.75 bits per heavy atom. The van der Waals surface area contributed by atoms with Crippen LogP contribution >= 0.6 is 0 Å². The first kappa shape index (κ1) is 9.26. The molecule has 0 amide bonds. The smallest absolute Gasteiger partial charge is 0.123 e. The third kappa shape index (κ3) is 2.34. The van der Waals surface area contributed by atoms with Crippen LogP contribution in [0.2, 0.25) is 0 Å². The molecule has 0 radical (unpaired) electrons. The van der Waals surface area contributed by atoms with Crippen LogP contribution in [0.1, 0.15) is 27.2 Å². The number of rotatable bonds is 2. The molecule has 1 aliphatic heterocycles. The molecule has 3 heteroatoms. The minimum atomic E-state index is 0.517. The largest absolute Gasteiger partial charge is 0.271 e. The van der Waals surface area contributed by atoms with Crippen LogP contribution in [0.25, 0.3) is 0 Å². The first-order valence-corrected chi connectivity index (χ1v) is 4.37. The van der Waals surface area contributed by atoms with Crippen LogP contribution in [-0.2, 0) is 4.84 Å². The number of amidine groups is 1. The average Bonchev–Trinajstić information content (AvgIpc) is 2.28. The van der Waals surface area contributed by atoms with Gasteiger partial charge in [0.15, 0.2) is 0 Å². The van der Waals surface area contributed by atoms with Crippen molar-refractivity contribution in [3.8, 4) is 0 Å². The monoisotopic (exact) mass is 168 g/mol. The van der Waals surface area contributed by atoms with Crippen LogP contribution in [0.15, 0.2) is 16.8 Å². The van der Waals surface area contributed by atoms with E-state index in [2.05, 4.69) is 24.3 Å². The highest BCUT2D eigenvalue weighted by Crippen LogP contribution is 2.16. The average molecular weight is 168 g/mol. The predicted octanol–water partition coefficient (Wildman–Crippen LogP) is 1.87. The number of nitrogens with zero attached hydrogens (tertiary/aromatic N) is 1. The highest BCUT2D eigenvalue weighted by Gasteiger charge is 2.07. The van der Waals surface area contributed by atoms with Crippen molar-refractivity contribution in [1.29, 1.82) is 0 Å². The first-order valence-electron chi connectivity index (χ1n) is 4.37. The molecule has 1 N–H and O–H groups in total. The van der Waals surface area contributed by atoms with Crippen molar-refractivity contribution in [3.63, 3.8) is 0 Å². The molecule has 1 heterocycles. The molecule has 0 aromatic carbocycles. The van der Waals surface area contributed by atoms with Gasteiger partial charge in [-0.05, 0) is 25.3 Å². The lowest BCUT2D eigenvalue weighted by Crippen LogP contribution is -2.19. The zero-order valence-corrected chi connectivity index (χ0v) is 7.92. The lowest BCUT2D eigenvalue weighted by atomic mass is 10.1. The van der Waals surface area contributed by atoms with Gasteiger partial charge in [-0.25, -0.2) is 4.99 Å². The number of hydrogen-bond donors (Lipinski definition) is 1. The zero-order valence-electron chi connectivity index (χ0n) is 7.92. The molecule has 0 aromatic rings. The summed E-state index contributed by atoms with van der Waals surface area (Å²) in [6.45, 7) is 6.84. The van der Waals surface area contributed by atoms with Gasteiger partial charge in [0, 0.05) is 5.70 Å². The van der Waals surface area contributed by atoms with Gasteiger partial charge >= 0.3 is 0 Å². The number of hydroxylamine groups is 1. The van der Waals surface area contributed by atoms with Gasteiger partial charge in [0.1, 0.15) is 5.84 Å². The molecule has 0 fully saturated rings. The summed E-state index contributed by atoms with van der Waals surface area (Å²) in [5.41, 5.74) is 3.88. The maximum atomic E-state index is 5.07. The quantitative estimate of drug-likeness (QED) is 0.683. The molecular weight excluding hydrogens is 152 g/mol. The van der Waals surface area contributed by atoms with Crippen LogP contribution in [-0.4, -0.2) is 12.4 Å². The summed E-state index contributed by atoms with van der Waals surface area (Å²) in [5.74, 6) is 1.35. The Kier molecular flexibility index (Phi) is 3.29. The molecule has 1 rings (SSSR count). The lowest BCUT2D eigenvalue weighted by molar-refractivity contribution is 0.111. The second kappa shape index (κ2) is 4.26. The van der Waals surface area contributed by atoms with Gasteiger partial charge < -0.3 is 0 Å². The third-order valence-corrected chi connectivity index (χ3v) is 2.01. The van der Waals surface area contributed by atoms with Gasteiger partial charge in [-0.1, -0.05) is 13.8 Å². The van der Waals surface area contributed by atoms with Gasteiger partial charge in [0.05, 0.1) is 6.61 Å². The van der Waals surface area contributed by atoms with Crippen molar-refractivity contribution in [2.24, 2.45) is 10.9 Å². The predicted molar refractivity (Wildman–Crippen MR) is 49.7 cm³/mol. The summed E-state index contributed by atoms with van der Waals surface area (Å²) >= 11 is 0. The standard InChI is InChI=1S/C9H16N2O/c1-4-7(2)9-5-6-12-11-8(3)10-9/h5,7H,4,6H2,1-3H3,(H,10,11). The van der Waals surface area contributed by atoms with E-state index in [1.165, 1.54) is 0 Å². The van der Waals surface area contributed by atoms with Crippen molar-refractivity contribution in [2.45, 2.75) is 27.2 Å². The van der Waals surface area contributed by atoms with Crippen molar-refractivity contribution >= 4 is 5.84 Å². The summed E-state index contributed by atoms with van der Waals surface area (Å²) in [6, 6.07) is 0. The maximum absolute atomic E-state index is 5.07. The SMILES string of the molecule is CCC(C)C1=CCONC(C)=N1. The number of allylic oxidation sites excluding steroid dienone is 1. The van der Waals surface area contributed by atoms with E-state index in [4.69, 9.17) is 4.84 Å². The summed E-state index contributed by atoms with van der Waals surface area (Å²) in [4.78, 5) is 9.46. The number of nitrogens with one attached hydrogen (secondary N) is 1. The van der Waals surface area contributed by atoms with Crippen molar-refractivity contribution in [2.75, 3.05) is 6.61 Å². The Balaban J connectivity index is 2.71. The molecule has 0 aromatic heterocycles. The zero-order chi connectivity index (χ0) is 8.97. The molecule has 0 saturated carbocycles. The van der Waals surface area contributed by atoms with Crippen LogP contribution in [0, 0.1) is 5.92 Å².